The van der Waals surface area contributed by atoms with Gasteiger partial charge in [0.1, 0.15) is 0 Å². The summed E-state index contributed by atoms with van der Waals surface area (Å²) in [5.41, 5.74) is 2.32. The van der Waals surface area contributed by atoms with Gasteiger partial charge in [0, 0.05) is 25.7 Å². The highest BCUT2D eigenvalue weighted by Crippen LogP contribution is 2.34. The molecule has 0 radical (unpaired) electrons. The molecule has 0 spiro atoms. The zero-order chi connectivity index (χ0) is 20.3. The molecule has 4 heteroatoms. The number of rotatable bonds is 5. The molecule has 0 aliphatic carbocycles. The Hall–Kier alpha value is -1.91. The summed E-state index contributed by atoms with van der Waals surface area (Å²) in [5.74, 6) is 0.0214. The van der Waals surface area contributed by atoms with E-state index in [0.29, 0.717) is 11.8 Å². The molecule has 1 fully saturated rings. The van der Waals surface area contributed by atoms with Crippen molar-refractivity contribution in [2.24, 2.45) is 5.41 Å². The van der Waals surface area contributed by atoms with E-state index in [1.807, 2.05) is 26.0 Å². The van der Waals surface area contributed by atoms with Crippen LogP contribution in [-0.4, -0.2) is 36.7 Å². The summed E-state index contributed by atoms with van der Waals surface area (Å²) in [7, 11) is 0. The molecule has 28 heavy (non-hydrogen) atoms. The molecule has 1 unspecified atom stereocenters. The molecule has 2 atom stereocenters. The van der Waals surface area contributed by atoms with Crippen molar-refractivity contribution < 1.29 is 9.13 Å². The third kappa shape index (κ3) is 4.92. The molecule has 1 heterocycles. The van der Waals surface area contributed by atoms with Gasteiger partial charge in [0.2, 0.25) is 0 Å². The Morgan fingerprint density at radius 3 is 2.39 bits per heavy atom. The van der Waals surface area contributed by atoms with Gasteiger partial charge >= 0.3 is 0 Å². The second-order valence-electron chi connectivity index (χ2n) is 9.04. The fraction of sp³-hybridized carbons (Fsp3) is 0.500. The molecule has 0 amide bonds. The van der Waals surface area contributed by atoms with E-state index in [1.54, 1.807) is 12.1 Å². The third-order valence-corrected chi connectivity index (χ3v) is 5.37. The molecule has 2 aromatic rings. The van der Waals surface area contributed by atoms with Gasteiger partial charge in [-0.1, -0.05) is 57.2 Å². The van der Waals surface area contributed by atoms with Gasteiger partial charge in [-0.2, -0.15) is 0 Å². The van der Waals surface area contributed by atoms with Gasteiger partial charge in [-0.3, -0.25) is 4.90 Å². The van der Waals surface area contributed by atoms with E-state index in [9.17, 15) is 4.39 Å². The maximum Gasteiger partial charge on any atom is 0.165 e. The topological polar surface area (TPSA) is 24.5 Å². The van der Waals surface area contributed by atoms with Crippen molar-refractivity contribution in [3.8, 4) is 5.75 Å². The second-order valence-corrected chi connectivity index (χ2v) is 9.04. The molecule has 3 nitrogen and oxygen atoms in total. The van der Waals surface area contributed by atoms with E-state index in [2.05, 4.69) is 55.3 Å². The molecule has 152 valence electrons. The fourth-order valence-corrected chi connectivity index (χ4v) is 3.87. The van der Waals surface area contributed by atoms with Crippen LogP contribution in [0.25, 0.3) is 0 Å². The van der Waals surface area contributed by atoms with Crippen LogP contribution < -0.4 is 10.1 Å². The average Bonchev–Trinajstić information content (AvgIpc) is 2.64. The summed E-state index contributed by atoms with van der Waals surface area (Å²) in [6.45, 7) is 13.4. The van der Waals surface area contributed by atoms with Crippen LogP contribution in [-0.2, 0) is 0 Å². The third-order valence-electron chi connectivity index (χ3n) is 5.37. The zero-order valence-electron chi connectivity index (χ0n) is 17.7. The molecule has 1 aliphatic heterocycles. The molecule has 3 rings (SSSR count). The summed E-state index contributed by atoms with van der Waals surface area (Å²) in [5, 5.41) is 3.65. The zero-order valence-corrected chi connectivity index (χ0v) is 17.7. The molecule has 0 saturated carbocycles. The van der Waals surface area contributed by atoms with Crippen LogP contribution in [0.4, 0.5) is 4.39 Å². The molecule has 1 aliphatic rings. The van der Waals surface area contributed by atoms with Crippen LogP contribution in [0, 0.1) is 11.2 Å². The Morgan fingerprint density at radius 2 is 1.79 bits per heavy atom. The van der Waals surface area contributed by atoms with Gasteiger partial charge < -0.3 is 10.1 Å². The first kappa shape index (κ1) is 20.8. The summed E-state index contributed by atoms with van der Waals surface area (Å²) < 4.78 is 20.4. The monoisotopic (exact) mass is 384 g/mol. The Balaban J connectivity index is 1.96. The van der Waals surface area contributed by atoms with E-state index in [-0.39, 0.29) is 23.4 Å². The predicted octanol–water partition coefficient (Wildman–Crippen LogP) is 5.02. The molecular weight excluding hydrogens is 351 g/mol. The maximum atomic E-state index is 14.8. The highest BCUT2D eigenvalue weighted by Gasteiger charge is 2.33. The Kier molecular flexibility index (Phi) is 6.41. The molecule has 1 saturated heterocycles. The highest BCUT2D eigenvalue weighted by atomic mass is 19.1. The summed E-state index contributed by atoms with van der Waals surface area (Å²) in [6, 6.07) is 16.2. The number of hydrogen-bond donors (Lipinski definition) is 1. The van der Waals surface area contributed by atoms with Crippen molar-refractivity contribution in [2.45, 2.75) is 52.8 Å². The first-order chi connectivity index (χ1) is 13.3. The van der Waals surface area contributed by atoms with Gasteiger partial charge in [0.05, 0.1) is 12.1 Å². The van der Waals surface area contributed by atoms with Crippen LogP contribution >= 0.6 is 0 Å². The lowest BCUT2D eigenvalue weighted by atomic mass is 9.84. The lowest BCUT2D eigenvalue weighted by Crippen LogP contribution is -2.56. The lowest BCUT2D eigenvalue weighted by Gasteiger charge is -2.44. The number of hydrogen-bond acceptors (Lipinski definition) is 3. The van der Waals surface area contributed by atoms with Crippen LogP contribution in [0.2, 0.25) is 0 Å². The molecule has 0 aromatic heterocycles. The van der Waals surface area contributed by atoms with Crippen LogP contribution in [0.1, 0.15) is 51.8 Å². The molecule has 2 aromatic carbocycles. The number of piperazine rings is 1. The number of halogens is 1. The van der Waals surface area contributed by atoms with Crippen LogP contribution in [0.15, 0.2) is 48.5 Å². The minimum Gasteiger partial charge on any atom is -0.488 e. The first-order valence-corrected chi connectivity index (χ1v) is 10.2. The highest BCUT2D eigenvalue weighted by molar-refractivity contribution is 5.37. The van der Waals surface area contributed by atoms with Crippen molar-refractivity contribution in [2.75, 3.05) is 19.6 Å². The van der Waals surface area contributed by atoms with Crippen molar-refractivity contribution in [3.05, 3.63) is 65.5 Å². The second kappa shape index (κ2) is 8.62. The minimum absolute atomic E-state index is 0.0238. The largest absolute Gasteiger partial charge is 0.488 e. The average molecular weight is 385 g/mol. The van der Waals surface area contributed by atoms with E-state index in [1.165, 1.54) is 5.56 Å². The summed E-state index contributed by atoms with van der Waals surface area (Å²) >= 11 is 0. The van der Waals surface area contributed by atoms with Crippen molar-refractivity contribution in [1.29, 1.82) is 0 Å². The van der Waals surface area contributed by atoms with Crippen molar-refractivity contribution >= 4 is 0 Å². The van der Waals surface area contributed by atoms with Gasteiger partial charge in [-0.05, 0) is 42.5 Å². The van der Waals surface area contributed by atoms with Gasteiger partial charge in [0.15, 0.2) is 11.6 Å². The fourth-order valence-electron chi connectivity index (χ4n) is 3.87. The normalized spacial score (nSPS) is 19.6. The van der Waals surface area contributed by atoms with Crippen molar-refractivity contribution in [3.63, 3.8) is 0 Å². The van der Waals surface area contributed by atoms with E-state index in [4.69, 9.17) is 4.74 Å². The Labute approximate surface area is 168 Å². The van der Waals surface area contributed by atoms with Crippen molar-refractivity contribution in [1.82, 2.24) is 10.2 Å². The Bertz CT molecular complexity index is 770. The quantitative estimate of drug-likeness (QED) is 0.783. The molecule has 0 bridgehead atoms. The summed E-state index contributed by atoms with van der Waals surface area (Å²) in [6.07, 6.45) is -0.0500. The molecular formula is C24H33FN2O. The van der Waals surface area contributed by atoms with Gasteiger partial charge in [-0.25, -0.2) is 4.39 Å². The van der Waals surface area contributed by atoms with Crippen LogP contribution in [0.3, 0.4) is 0 Å². The van der Waals surface area contributed by atoms with E-state index < -0.39 is 0 Å². The molecule has 1 N–H and O–H groups in total. The number of ether oxygens (including phenoxy) is 1. The van der Waals surface area contributed by atoms with E-state index in [0.717, 1.165) is 25.2 Å². The lowest BCUT2D eigenvalue weighted by molar-refractivity contribution is 0.111. The predicted molar refractivity (Wildman–Crippen MR) is 113 cm³/mol. The Morgan fingerprint density at radius 1 is 1.07 bits per heavy atom. The van der Waals surface area contributed by atoms with Gasteiger partial charge in [-0.15, -0.1) is 0 Å². The minimum atomic E-state index is -0.297. The SMILES string of the molecule is CC(C)Oc1ccc(C(c2ccccc2)N2CCN[C@@H](C(C)(C)C)C2)cc1F. The summed E-state index contributed by atoms with van der Waals surface area (Å²) in [4.78, 5) is 2.47. The smallest absolute Gasteiger partial charge is 0.165 e. The number of nitrogens with zero attached hydrogens (tertiary/aromatic N) is 1. The number of nitrogens with one attached hydrogen (secondary N) is 1. The first-order valence-electron chi connectivity index (χ1n) is 10.2. The van der Waals surface area contributed by atoms with Crippen LogP contribution in [0.5, 0.6) is 5.75 Å². The standard InChI is InChI=1S/C24H33FN2O/c1-17(2)28-21-12-11-19(15-20(21)25)23(18-9-7-6-8-10-18)27-14-13-26-22(16-27)24(3,4)5/h6-12,15,17,22-23,26H,13-14,16H2,1-5H3/t22-,23?/m1/s1. The van der Waals surface area contributed by atoms with Gasteiger partial charge in [0.25, 0.3) is 0 Å². The van der Waals surface area contributed by atoms with E-state index >= 15 is 0 Å². The maximum absolute atomic E-state index is 14.8. The number of benzene rings is 2.